The topological polar surface area (TPSA) is 62.1 Å². The van der Waals surface area contributed by atoms with Crippen molar-refractivity contribution in [2.24, 2.45) is 0 Å². The van der Waals surface area contributed by atoms with Crippen molar-refractivity contribution in [3.8, 4) is 17.2 Å². The highest BCUT2D eigenvalue weighted by Crippen LogP contribution is 2.38. The first-order chi connectivity index (χ1) is 15.5. The second-order valence-corrected chi connectivity index (χ2v) is 7.85. The van der Waals surface area contributed by atoms with Crippen LogP contribution in [0.2, 0.25) is 0 Å². The van der Waals surface area contributed by atoms with Gasteiger partial charge in [-0.3, -0.25) is 4.57 Å². The van der Waals surface area contributed by atoms with Crippen molar-refractivity contribution in [3.63, 3.8) is 0 Å². The molecule has 1 aliphatic rings. The molecular formula is C22H15F3N4O2S. The Balaban J connectivity index is 1.50. The number of fused-ring (bicyclic) bond motifs is 1. The summed E-state index contributed by atoms with van der Waals surface area (Å²) in [6, 6.07) is 19.1. The van der Waals surface area contributed by atoms with Crippen molar-refractivity contribution >= 4 is 11.8 Å². The fourth-order valence-electron chi connectivity index (χ4n) is 3.22. The molecule has 2 aromatic carbocycles. The van der Waals surface area contributed by atoms with E-state index in [0.717, 1.165) is 29.7 Å². The molecule has 0 saturated carbocycles. The smallest absolute Gasteiger partial charge is 0.417 e. The normalized spacial score (nSPS) is 15.5. The number of ether oxygens (including phenoxy) is 2. The van der Waals surface area contributed by atoms with Gasteiger partial charge in [0.25, 0.3) is 0 Å². The molecule has 3 heterocycles. The average molecular weight is 456 g/mol. The molecule has 0 saturated heterocycles. The highest BCUT2D eigenvalue weighted by molar-refractivity contribution is 7.99. The summed E-state index contributed by atoms with van der Waals surface area (Å²) in [6.07, 6.45) is -4.16. The van der Waals surface area contributed by atoms with Gasteiger partial charge in [-0.25, -0.2) is 4.98 Å². The average Bonchev–Trinajstić information content (AvgIpc) is 3.22. The van der Waals surface area contributed by atoms with Crippen LogP contribution in [0, 0.1) is 0 Å². The zero-order chi connectivity index (χ0) is 22.1. The minimum atomic E-state index is -4.44. The maximum atomic E-state index is 12.8. The summed E-state index contributed by atoms with van der Waals surface area (Å²) in [5.74, 6) is 1.77. The van der Waals surface area contributed by atoms with Gasteiger partial charge in [-0.05, 0) is 48.2 Å². The molecule has 0 radical (unpaired) electrons. The Morgan fingerprint density at radius 1 is 0.906 bits per heavy atom. The number of nitrogens with zero attached hydrogens (tertiary/aromatic N) is 4. The van der Waals surface area contributed by atoms with Gasteiger partial charge >= 0.3 is 6.18 Å². The lowest BCUT2D eigenvalue weighted by atomic mass is 10.2. The molecule has 1 unspecified atom stereocenters. The van der Waals surface area contributed by atoms with Gasteiger partial charge in [0.15, 0.2) is 23.4 Å². The van der Waals surface area contributed by atoms with Crippen LogP contribution in [0.4, 0.5) is 13.2 Å². The van der Waals surface area contributed by atoms with Gasteiger partial charge < -0.3 is 9.47 Å². The summed E-state index contributed by atoms with van der Waals surface area (Å²) in [6.45, 7) is 0.241. The fraction of sp³-hybridized carbons (Fsp3) is 0.136. The van der Waals surface area contributed by atoms with E-state index in [1.54, 1.807) is 4.57 Å². The Bertz CT molecular complexity index is 1230. The number of halogens is 3. The van der Waals surface area contributed by atoms with E-state index >= 15 is 0 Å². The molecular weight excluding hydrogens is 441 g/mol. The zero-order valence-corrected chi connectivity index (χ0v) is 17.2. The van der Waals surface area contributed by atoms with Gasteiger partial charge in [-0.1, -0.05) is 30.3 Å². The molecule has 0 fully saturated rings. The molecule has 162 valence electrons. The Morgan fingerprint density at radius 3 is 2.38 bits per heavy atom. The van der Waals surface area contributed by atoms with Crippen LogP contribution >= 0.6 is 11.8 Å². The van der Waals surface area contributed by atoms with E-state index in [4.69, 9.17) is 9.47 Å². The molecule has 32 heavy (non-hydrogen) atoms. The minimum Gasteiger partial charge on any atom is -0.485 e. The third-order valence-electron chi connectivity index (χ3n) is 4.73. The van der Waals surface area contributed by atoms with Gasteiger partial charge in [0, 0.05) is 11.9 Å². The molecule has 6 nitrogen and oxygen atoms in total. The summed E-state index contributed by atoms with van der Waals surface area (Å²) in [7, 11) is 0. The minimum absolute atomic E-state index is 0.241. The van der Waals surface area contributed by atoms with Crippen LogP contribution in [0.1, 0.15) is 17.5 Å². The van der Waals surface area contributed by atoms with Crippen molar-refractivity contribution in [2.45, 2.75) is 22.5 Å². The van der Waals surface area contributed by atoms with Crippen molar-refractivity contribution in [3.05, 3.63) is 84.3 Å². The predicted octanol–water partition coefficient (Wildman–Crippen LogP) is 5.34. The largest absolute Gasteiger partial charge is 0.485 e. The Morgan fingerprint density at radius 2 is 1.66 bits per heavy atom. The van der Waals surface area contributed by atoms with Gasteiger partial charge in [-0.2, -0.15) is 13.2 Å². The van der Waals surface area contributed by atoms with Crippen LogP contribution < -0.4 is 9.47 Å². The van der Waals surface area contributed by atoms with Crippen LogP contribution in [0.25, 0.3) is 5.69 Å². The Labute approximate surface area is 185 Å². The number of hydrogen-bond acceptors (Lipinski definition) is 6. The molecule has 1 aliphatic heterocycles. The third-order valence-corrected chi connectivity index (χ3v) is 5.63. The maximum Gasteiger partial charge on any atom is 0.417 e. The summed E-state index contributed by atoms with van der Waals surface area (Å²) in [5.41, 5.74) is -0.0251. The standard InChI is InChI=1S/C22H15F3N4O2S/c23-22(24,25)14-10-11-19(26-12-14)32-21-28-27-20(29(21)15-6-2-1-3-7-15)18-13-30-16-8-4-5-9-17(16)31-18/h1-12,18H,13H2. The van der Waals surface area contributed by atoms with E-state index in [0.29, 0.717) is 27.5 Å². The quantitative estimate of drug-likeness (QED) is 0.413. The number of para-hydroxylation sites is 3. The molecule has 0 bridgehead atoms. The van der Waals surface area contributed by atoms with E-state index in [1.807, 2.05) is 54.6 Å². The third kappa shape index (κ3) is 4.01. The van der Waals surface area contributed by atoms with Crippen LogP contribution in [0.3, 0.4) is 0 Å². The molecule has 0 amide bonds. The second-order valence-electron chi connectivity index (χ2n) is 6.86. The maximum absolute atomic E-state index is 12.8. The molecule has 1 atom stereocenters. The van der Waals surface area contributed by atoms with Crippen LogP contribution in [-0.2, 0) is 6.18 Å². The fourth-order valence-corrected chi connectivity index (χ4v) is 4.02. The monoisotopic (exact) mass is 456 g/mol. The van der Waals surface area contributed by atoms with Gasteiger partial charge in [0.1, 0.15) is 11.6 Å². The van der Waals surface area contributed by atoms with E-state index in [2.05, 4.69) is 15.2 Å². The Kier molecular flexibility index (Phi) is 5.22. The van der Waals surface area contributed by atoms with Crippen molar-refractivity contribution in [1.82, 2.24) is 19.7 Å². The lowest BCUT2D eigenvalue weighted by molar-refractivity contribution is -0.137. The van der Waals surface area contributed by atoms with Crippen molar-refractivity contribution < 1.29 is 22.6 Å². The molecule has 5 rings (SSSR count). The van der Waals surface area contributed by atoms with Crippen LogP contribution in [0.15, 0.2) is 83.1 Å². The van der Waals surface area contributed by atoms with Crippen LogP contribution in [-0.4, -0.2) is 26.4 Å². The zero-order valence-electron chi connectivity index (χ0n) is 16.4. The summed E-state index contributed by atoms with van der Waals surface area (Å²) >= 11 is 1.11. The van der Waals surface area contributed by atoms with Crippen molar-refractivity contribution in [2.75, 3.05) is 6.61 Å². The first-order valence-corrected chi connectivity index (χ1v) is 10.4. The lowest BCUT2D eigenvalue weighted by Gasteiger charge is -2.26. The first-order valence-electron chi connectivity index (χ1n) is 9.59. The van der Waals surface area contributed by atoms with E-state index in [-0.39, 0.29) is 6.61 Å². The van der Waals surface area contributed by atoms with Gasteiger partial charge in [-0.15, -0.1) is 10.2 Å². The molecule has 4 aromatic rings. The molecule has 2 aromatic heterocycles. The van der Waals surface area contributed by atoms with E-state index in [1.165, 1.54) is 6.07 Å². The molecule has 0 N–H and O–H groups in total. The first kappa shape index (κ1) is 20.4. The summed E-state index contributed by atoms with van der Waals surface area (Å²) < 4.78 is 52.3. The SMILES string of the molecule is FC(F)(F)c1ccc(Sc2nnc(C3COc4ccccc4O3)n2-c2ccccc2)nc1. The van der Waals surface area contributed by atoms with Crippen LogP contribution in [0.5, 0.6) is 11.5 Å². The molecule has 0 spiro atoms. The predicted molar refractivity (Wildman–Crippen MR) is 110 cm³/mol. The number of pyridine rings is 1. The molecule has 0 aliphatic carbocycles. The van der Waals surface area contributed by atoms with Gasteiger partial charge in [0.05, 0.1) is 5.56 Å². The second kappa shape index (κ2) is 8.19. The number of benzene rings is 2. The number of alkyl halides is 3. The number of aromatic nitrogens is 4. The number of hydrogen-bond donors (Lipinski definition) is 0. The summed E-state index contributed by atoms with van der Waals surface area (Å²) in [4.78, 5) is 3.93. The number of rotatable bonds is 4. The molecule has 10 heteroatoms. The van der Waals surface area contributed by atoms with Crippen molar-refractivity contribution in [1.29, 1.82) is 0 Å². The van der Waals surface area contributed by atoms with E-state index in [9.17, 15) is 13.2 Å². The lowest BCUT2D eigenvalue weighted by Crippen LogP contribution is -2.24. The Hall–Kier alpha value is -3.53. The summed E-state index contributed by atoms with van der Waals surface area (Å²) in [5, 5.41) is 9.40. The van der Waals surface area contributed by atoms with E-state index < -0.39 is 17.8 Å². The highest BCUT2D eigenvalue weighted by atomic mass is 32.2. The highest BCUT2D eigenvalue weighted by Gasteiger charge is 2.31. The van der Waals surface area contributed by atoms with Gasteiger partial charge in [0.2, 0.25) is 5.16 Å².